The summed E-state index contributed by atoms with van der Waals surface area (Å²) in [5.41, 5.74) is 1.19. The summed E-state index contributed by atoms with van der Waals surface area (Å²) in [6.45, 7) is 7.26. The molecule has 0 aliphatic rings. The molecule has 0 aliphatic carbocycles. The van der Waals surface area contributed by atoms with Crippen molar-refractivity contribution >= 4 is 23.4 Å². The molecule has 4 rings (SSSR count). The summed E-state index contributed by atoms with van der Waals surface area (Å²) < 4.78 is 12.6. The van der Waals surface area contributed by atoms with E-state index in [9.17, 15) is 9.90 Å². The predicted octanol–water partition coefficient (Wildman–Crippen LogP) is 0.862. The van der Waals surface area contributed by atoms with Crippen molar-refractivity contribution in [1.82, 2.24) is 29.5 Å². The van der Waals surface area contributed by atoms with Crippen molar-refractivity contribution in [2.75, 3.05) is 25.1 Å². The number of aromatic amines is 2. The molecule has 0 amide bonds. The summed E-state index contributed by atoms with van der Waals surface area (Å²) >= 11 is 0. The van der Waals surface area contributed by atoms with Crippen molar-refractivity contribution in [3.8, 4) is 11.6 Å². The molecule has 0 radical (unpaired) electrons. The highest BCUT2D eigenvalue weighted by Crippen LogP contribution is 2.20. The lowest BCUT2D eigenvalue weighted by atomic mass is 10.3. The van der Waals surface area contributed by atoms with Crippen LogP contribution in [-0.2, 0) is 4.74 Å². The Morgan fingerprint density at radius 2 is 2.15 bits per heavy atom. The van der Waals surface area contributed by atoms with Crippen LogP contribution >= 0.6 is 0 Å². The monoisotopic (exact) mass is 466 g/mol. The third-order valence-electron chi connectivity index (χ3n) is 4.57. The van der Waals surface area contributed by atoms with Crippen LogP contribution in [0.5, 0.6) is 11.6 Å². The minimum absolute atomic E-state index is 0.0415. The van der Waals surface area contributed by atoms with Crippen molar-refractivity contribution in [3.05, 3.63) is 57.5 Å². The molecule has 0 aliphatic heterocycles. The number of ether oxygens (including phenoxy) is 2. The molecule has 0 bridgehead atoms. The summed E-state index contributed by atoms with van der Waals surface area (Å²) in [5.74, 6) is 0.736. The summed E-state index contributed by atoms with van der Waals surface area (Å²) in [4.78, 5) is 29.9. The van der Waals surface area contributed by atoms with Crippen molar-refractivity contribution in [2.24, 2.45) is 4.99 Å². The van der Waals surface area contributed by atoms with Gasteiger partial charge >= 0.3 is 5.69 Å². The van der Waals surface area contributed by atoms with Crippen LogP contribution in [0.3, 0.4) is 0 Å². The van der Waals surface area contributed by atoms with E-state index < -0.39 is 5.69 Å². The Hall–Kier alpha value is -4.19. The number of anilines is 2. The second-order valence-electron chi connectivity index (χ2n) is 7.57. The number of benzene rings is 1. The second-order valence-corrected chi connectivity index (χ2v) is 7.57. The van der Waals surface area contributed by atoms with Gasteiger partial charge in [0.1, 0.15) is 11.4 Å². The molecule has 0 unspecified atom stereocenters. The van der Waals surface area contributed by atoms with Crippen LogP contribution in [0.25, 0.3) is 11.7 Å². The Kier molecular flexibility index (Phi) is 6.87. The molecule has 4 N–H and O–H groups in total. The second kappa shape index (κ2) is 10.2. The van der Waals surface area contributed by atoms with Gasteiger partial charge in [0, 0.05) is 23.6 Å². The van der Waals surface area contributed by atoms with Crippen molar-refractivity contribution < 1.29 is 14.6 Å². The van der Waals surface area contributed by atoms with E-state index in [4.69, 9.17) is 9.47 Å². The fourth-order valence-corrected chi connectivity index (χ4v) is 3.19. The zero-order valence-corrected chi connectivity index (χ0v) is 19.1. The number of nitrogens with one attached hydrogen (secondary N) is 3. The summed E-state index contributed by atoms with van der Waals surface area (Å²) in [6, 6.07) is 7.47. The first-order valence-electron chi connectivity index (χ1n) is 10.8. The molecule has 34 heavy (non-hydrogen) atoms. The maximum absolute atomic E-state index is 11.5. The predicted molar refractivity (Wildman–Crippen MR) is 125 cm³/mol. The summed E-state index contributed by atoms with van der Waals surface area (Å²) in [5, 5.41) is 18.0. The molecule has 12 heteroatoms. The van der Waals surface area contributed by atoms with Crippen LogP contribution in [-0.4, -0.2) is 60.5 Å². The van der Waals surface area contributed by atoms with Gasteiger partial charge in [0.2, 0.25) is 11.8 Å². The van der Waals surface area contributed by atoms with Crippen LogP contribution in [0.4, 0.5) is 11.6 Å². The number of imidazole rings is 1. The first kappa shape index (κ1) is 23.0. The molecule has 12 nitrogen and oxygen atoms in total. The van der Waals surface area contributed by atoms with E-state index in [1.807, 2.05) is 45.0 Å². The molecular formula is C22H26N8O4. The van der Waals surface area contributed by atoms with Crippen molar-refractivity contribution in [1.29, 1.82) is 0 Å². The highest BCUT2D eigenvalue weighted by atomic mass is 16.5. The topological polar surface area (TPSA) is 155 Å². The molecule has 0 atom stereocenters. The third kappa shape index (κ3) is 5.41. The minimum atomic E-state index is -0.521. The number of aromatic nitrogens is 6. The number of hydrogen-bond acceptors (Lipinski definition) is 9. The Bertz CT molecular complexity index is 1450. The highest BCUT2D eigenvalue weighted by molar-refractivity contribution is 5.60. The van der Waals surface area contributed by atoms with E-state index in [0.717, 1.165) is 5.69 Å². The maximum Gasteiger partial charge on any atom is 0.326 e. The van der Waals surface area contributed by atoms with E-state index in [1.165, 1.54) is 4.52 Å². The molecule has 4 aromatic rings. The number of fused-ring (bicyclic) bond motifs is 1. The molecule has 0 fully saturated rings. The number of hydrogen-bond donors (Lipinski definition) is 4. The van der Waals surface area contributed by atoms with Gasteiger partial charge in [-0.3, -0.25) is 4.98 Å². The van der Waals surface area contributed by atoms with Gasteiger partial charge in [0.15, 0.2) is 5.65 Å². The Labute approximate surface area is 194 Å². The molecule has 3 aromatic heterocycles. The van der Waals surface area contributed by atoms with E-state index in [1.54, 1.807) is 12.3 Å². The number of rotatable bonds is 9. The Balaban J connectivity index is 1.79. The first-order chi connectivity index (χ1) is 16.4. The lowest BCUT2D eigenvalue weighted by Gasteiger charge is -2.11. The first-order valence-corrected chi connectivity index (χ1v) is 10.8. The molecule has 0 saturated heterocycles. The van der Waals surface area contributed by atoms with Gasteiger partial charge in [0.25, 0.3) is 5.62 Å². The standard InChI is InChI=1S/C22H26N8O4/c1-4-33-9-8-23-21-29-20(25-15-6-5-7-16(11-15)34-13(2)3)27-18-14(12-24-30(18)21)10-17-19(31)28-22(32)26-17/h5-7,10-13,31H,4,8-9H2,1-3H3,(H,23,25,29)(H2,26,28,32). The van der Waals surface area contributed by atoms with Crippen LogP contribution in [0, 0.1) is 0 Å². The van der Waals surface area contributed by atoms with Gasteiger partial charge in [-0.2, -0.15) is 19.6 Å². The summed E-state index contributed by atoms with van der Waals surface area (Å²) in [7, 11) is 0. The normalized spacial score (nSPS) is 12.7. The zero-order valence-electron chi connectivity index (χ0n) is 19.1. The number of H-pyrrole nitrogens is 2. The highest BCUT2D eigenvalue weighted by Gasteiger charge is 2.10. The molecule has 178 valence electrons. The minimum Gasteiger partial charge on any atom is -0.493 e. The van der Waals surface area contributed by atoms with Gasteiger partial charge in [-0.1, -0.05) is 6.07 Å². The van der Waals surface area contributed by atoms with E-state index in [-0.39, 0.29) is 17.7 Å². The number of aromatic hydroxyl groups is 1. The van der Waals surface area contributed by atoms with Crippen molar-refractivity contribution in [3.63, 3.8) is 0 Å². The van der Waals surface area contributed by atoms with E-state index in [0.29, 0.717) is 47.9 Å². The molecule has 3 heterocycles. The lowest BCUT2D eigenvalue weighted by Crippen LogP contribution is -2.24. The quantitative estimate of drug-likeness (QED) is 0.265. The SMILES string of the molecule is CCOCCN=c1nc(Nc2cccc(OC(C)C)c2)nc2c(=Cc3[nH]c(=O)[nH]c3O)cnn12. The molecule has 1 aromatic carbocycles. The fourth-order valence-electron chi connectivity index (χ4n) is 3.19. The Morgan fingerprint density at radius 3 is 2.88 bits per heavy atom. The summed E-state index contributed by atoms with van der Waals surface area (Å²) in [6.07, 6.45) is 3.16. The van der Waals surface area contributed by atoms with E-state index in [2.05, 4.69) is 35.3 Å². The van der Waals surface area contributed by atoms with Crippen molar-refractivity contribution in [2.45, 2.75) is 26.9 Å². The van der Waals surface area contributed by atoms with Crippen LogP contribution < -0.4 is 26.6 Å². The van der Waals surface area contributed by atoms with Crippen LogP contribution in [0.1, 0.15) is 26.5 Å². The maximum atomic E-state index is 11.5. The van der Waals surface area contributed by atoms with Gasteiger partial charge in [-0.15, -0.1) is 0 Å². The van der Waals surface area contributed by atoms with Gasteiger partial charge < -0.3 is 24.9 Å². The lowest BCUT2D eigenvalue weighted by molar-refractivity contribution is 0.155. The van der Waals surface area contributed by atoms with Gasteiger partial charge in [-0.05, 0) is 39.0 Å². The van der Waals surface area contributed by atoms with Crippen LogP contribution in [0.15, 0.2) is 40.2 Å². The average Bonchev–Trinajstić information content (AvgIpc) is 3.33. The van der Waals surface area contributed by atoms with Gasteiger partial charge in [0.05, 0.1) is 25.5 Å². The van der Waals surface area contributed by atoms with E-state index >= 15 is 0 Å². The largest absolute Gasteiger partial charge is 0.493 e. The Morgan fingerprint density at radius 1 is 1.29 bits per heavy atom. The fraction of sp³-hybridized carbons (Fsp3) is 0.318. The zero-order chi connectivity index (χ0) is 24.1. The van der Waals surface area contributed by atoms with Crippen LogP contribution in [0.2, 0.25) is 0 Å². The molecule has 0 spiro atoms. The molecule has 0 saturated carbocycles. The smallest absolute Gasteiger partial charge is 0.326 e. The number of nitrogens with zero attached hydrogens (tertiary/aromatic N) is 5. The van der Waals surface area contributed by atoms with Gasteiger partial charge in [-0.25, -0.2) is 9.79 Å². The average molecular weight is 467 g/mol. The molecular weight excluding hydrogens is 440 g/mol. The third-order valence-corrected chi connectivity index (χ3v) is 4.57.